The van der Waals surface area contributed by atoms with Crippen molar-refractivity contribution >= 4 is 17.7 Å². The van der Waals surface area contributed by atoms with Crippen LogP contribution >= 0.6 is 11.8 Å². The lowest BCUT2D eigenvalue weighted by atomic mass is 10.1. The maximum absolute atomic E-state index is 11.8. The predicted molar refractivity (Wildman–Crippen MR) is 98.0 cm³/mol. The average Bonchev–Trinajstić information content (AvgIpc) is 2.64. The quantitative estimate of drug-likeness (QED) is 0.558. The van der Waals surface area contributed by atoms with E-state index >= 15 is 0 Å². The van der Waals surface area contributed by atoms with Crippen molar-refractivity contribution in [1.82, 2.24) is 5.32 Å². The lowest BCUT2D eigenvalue weighted by molar-refractivity contribution is -0.118. The molecule has 0 saturated carbocycles. The number of nitrogens with one attached hydrogen (secondary N) is 1. The van der Waals surface area contributed by atoms with Gasteiger partial charge in [-0.1, -0.05) is 24.3 Å². The van der Waals surface area contributed by atoms with Crippen LogP contribution in [0.1, 0.15) is 12.0 Å². The van der Waals surface area contributed by atoms with E-state index in [4.69, 9.17) is 9.47 Å². The summed E-state index contributed by atoms with van der Waals surface area (Å²) in [5.74, 6) is 1.97. The monoisotopic (exact) mass is 345 g/mol. The van der Waals surface area contributed by atoms with Crippen LogP contribution in [0.25, 0.3) is 0 Å². The molecule has 0 aliphatic heterocycles. The van der Waals surface area contributed by atoms with Crippen LogP contribution in [0, 0.1) is 0 Å². The van der Waals surface area contributed by atoms with Crippen molar-refractivity contribution in [2.45, 2.75) is 17.7 Å². The fraction of sp³-hybridized carbons (Fsp3) is 0.316. The van der Waals surface area contributed by atoms with Gasteiger partial charge in [-0.3, -0.25) is 4.79 Å². The molecule has 0 unspecified atom stereocenters. The SMILES string of the molecule is COc1ccc(CCCNC(=O)CSc2ccccc2)cc1OC. The van der Waals surface area contributed by atoms with Crippen molar-refractivity contribution < 1.29 is 14.3 Å². The third-order valence-corrected chi connectivity index (χ3v) is 4.54. The summed E-state index contributed by atoms with van der Waals surface area (Å²) in [6.07, 6.45) is 1.77. The first-order valence-corrected chi connectivity index (χ1v) is 8.87. The highest BCUT2D eigenvalue weighted by molar-refractivity contribution is 8.00. The first-order valence-electron chi connectivity index (χ1n) is 7.88. The number of benzene rings is 2. The van der Waals surface area contributed by atoms with Crippen LogP contribution in [-0.4, -0.2) is 32.4 Å². The van der Waals surface area contributed by atoms with Gasteiger partial charge in [0.15, 0.2) is 11.5 Å². The van der Waals surface area contributed by atoms with E-state index < -0.39 is 0 Å². The first-order chi connectivity index (χ1) is 11.7. The van der Waals surface area contributed by atoms with E-state index in [0.717, 1.165) is 29.2 Å². The number of aryl methyl sites for hydroxylation is 1. The lowest BCUT2D eigenvalue weighted by Crippen LogP contribution is -2.26. The summed E-state index contributed by atoms with van der Waals surface area (Å²) in [6, 6.07) is 15.8. The molecule has 0 spiro atoms. The van der Waals surface area contributed by atoms with Gasteiger partial charge in [0.05, 0.1) is 20.0 Å². The molecular formula is C19H23NO3S. The van der Waals surface area contributed by atoms with Crippen molar-refractivity contribution in [2.75, 3.05) is 26.5 Å². The topological polar surface area (TPSA) is 47.6 Å². The van der Waals surface area contributed by atoms with E-state index in [-0.39, 0.29) is 5.91 Å². The molecule has 0 aliphatic carbocycles. The van der Waals surface area contributed by atoms with Gasteiger partial charge in [0, 0.05) is 11.4 Å². The van der Waals surface area contributed by atoms with Crippen molar-refractivity contribution in [2.24, 2.45) is 0 Å². The number of ether oxygens (including phenoxy) is 2. The number of carbonyl (C=O) groups is 1. The Morgan fingerprint density at radius 2 is 1.79 bits per heavy atom. The van der Waals surface area contributed by atoms with Crippen LogP contribution in [0.2, 0.25) is 0 Å². The molecule has 2 rings (SSSR count). The molecular weight excluding hydrogens is 322 g/mol. The molecule has 0 atom stereocenters. The number of carbonyl (C=O) groups excluding carboxylic acids is 1. The van der Waals surface area contributed by atoms with Crippen molar-refractivity contribution in [3.05, 3.63) is 54.1 Å². The van der Waals surface area contributed by atoms with Crippen molar-refractivity contribution in [1.29, 1.82) is 0 Å². The van der Waals surface area contributed by atoms with E-state index in [1.807, 2.05) is 48.5 Å². The Morgan fingerprint density at radius 3 is 2.50 bits per heavy atom. The zero-order valence-electron chi connectivity index (χ0n) is 14.1. The van der Waals surface area contributed by atoms with Gasteiger partial charge in [0.1, 0.15) is 0 Å². The molecule has 4 nitrogen and oxygen atoms in total. The van der Waals surface area contributed by atoms with E-state index in [1.54, 1.807) is 26.0 Å². The molecule has 2 aromatic rings. The van der Waals surface area contributed by atoms with E-state index in [1.165, 1.54) is 5.56 Å². The van der Waals surface area contributed by atoms with Crippen LogP contribution in [0.5, 0.6) is 11.5 Å². The van der Waals surface area contributed by atoms with Gasteiger partial charge in [0.2, 0.25) is 5.91 Å². The molecule has 0 radical (unpaired) electrons. The van der Waals surface area contributed by atoms with E-state index in [0.29, 0.717) is 12.3 Å². The molecule has 24 heavy (non-hydrogen) atoms. The normalized spacial score (nSPS) is 10.2. The number of rotatable bonds is 9. The van der Waals surface area contributed by atoms with Crippen LogP contribution in [0.3, 0.4) is 0 Å². The van der Waals surface area contributed by atoms with E-state index in [2.05, 4.69) is 5.32 Å². The first kappa shape index (κ1) is 18.2. The highest BCUT2D eigenvalue weighted by Gasteiger charge is 2.05. The van der Waals surface area contributed by atoms with Gasteiger partial charge in [0.25, 0.3) is 0 Å². The lowest BCUT2D eigenvalue weighted by Gasteiger charge is -2.10. The summed E-state index contributed by atoms with van der Waals surface area (Å²) < 4.78 is 10.5. The van der Waals surface area contributed by atoms with Gasteiger partial charge < -0.3 is 14.8 Å². The summed E-state index contributed by atoms with van der Waals surface area (Å²) in [5.41, 5.74) is 1.17. The van der Waals surface area contributed by atoms with Crippen molar-refractivity contribution in [3.63, 3.8) is 0 Å². The molecule has 128 valence electrons. The summed E-state index contributed by atoms with van der Waals surface area (Å²) in [5, 5.41) is 2.96. The highest BCUT2D eigenvalue weighted by atomic mass is 32.2. The summed E-state index contributed by atoms with van der Waals surface area (Å²) in [4.78, 5) is 13.0. The second-order valence-electron chi connectivity index (χ2n) is 5.24. The fourth-order valence-corrected chi connectivity index (χ4v) is 3.02. The Bertz CT molecular complexity index is 646. The summed E-state index contributed by atoms with van der Waals surface area (Å²) >= 11 is 1.55. The maximum atomic E-state index is 11.8. The summed E-state index contributed by atoms with van der Waals surface area (Å²) in [7, 11) is 3.26. The van der Waals surface area contributed by atoms with Gasteiger partial charge in [-0.15, -0.1) is 11.8 Å². The Morgan fingerprint density at radius 1 is 1.04 bits per heavy atom. The molecule has 0 fully saturated rings. The predicted octanol–water partition coefficient (Wildman–Crippen LogP) is 3.54. The smallest absolute Gasteiger partial charge is 0.230 e. The minimum absolute atomic E-state index is 0.0659. The number of methoxy groups -OCH3 is 2. The van der Waals surface area contributed by atoms with Crippen LogP contribution in [0.4, 0.5) is 0 Å². The van der Waals surface area contributed by atoms with Crippen molar-refractivity contribution in [3.8, 4) is 11.5 Å². The standard InChI is InChI=1S/C19H23NO3S/c1-22-17-11-10-15(13-18(17)23-2)7-6-12-20-19(21)14-24-16-8-4-3-5-9-16/h3-5,8-11,13H,6-7,12,14H2,1-2H3,(H,20,21). The highest BCUT2D eigenvalue weighted by Crippen LogP contribution is 2.27. The average molecular weight is 345 g/mol. The maximum Gasteiger partial charge on any atom is 0.230 e. The molecule has 0 aliphatic rings. The largest absolute Gasteiger partial charge is 0.493 e. The summed E-state index contributed by atoms with van der Waals surface area (Å²) in [6.45, 7) is 0.669. The fourth-order valence-electron chi connectivity index (χ4n) is 2.27. The Hall–Kier alpha value is -2.14. The molecule has 1 N–H and O–H groups in total. The minimum atomic E-state index is 0.0659. The molecule has 0 bridgehead atoms. The zero-order chi connectivity index (χ0) is 17.2. The third-order valence-electron chi connectivity index (χ3n) is 3.53. The molecule has 0 heterocycles. The Balaban J connectivity index is 1.68. The molecule has 1 amide bonds. The molecule has 0 aromatic heterocycles. The zero-order valence-corrected chi connectivity index (χ0v) is 14.9. The van der Waals surface area contributed by atoms with Gasteiger partial charge in [-0.05, 0) is 42.7 Å². The van der Waals surface area contributed by atoms with Crippen LogP contribution < -0.4 is 14.8 Å². The molecule has 2 aromatic carbocycles. The third kappa shape index (κ3) is 5.81. The van der Waals surface area contributed by atoms with Gasteiger partial charge >= 0.3 is 0 Å². The Labute approximate surface area is 147 Å². The van der Waals surface area contributed by atoms with Gasteiger partial charge in [-0.25, -0.2) is 0 Å². The van der Waals surface area contributed by atoms with Crippen LogP contribution in [-0.2, 0) is 11.2 Å². The second-order valence-corrected chi connectivity index (χ2v) is 6.29. The Kier molecular flexibility index (Phi) is 7.49. The van der Waals surface area contributed by atoms with Gasteiger partial charge in [-0.2, -0.15) is 0 Å². The molecule has 5 heteroatoms. The number of hydrogen-bond donors (Lipinski definition) is 1. The van der Waals surface area contributed by atoms with Crippen LogP contribution in [0.15, 0.2) is 53.4 Å². The number of amides is 1. The second kappa shape index (κ2) is 9.88. The minimum Gasteiger partial charge on any atom is -0.493 e. The number of hydrogen-bond acceptors (Lipinski definition) is 4. The molecule has 0 saturated heterocycles. The van der Waals surface area contributed by atoms with E-state index in [9.17, 15) is 4.79 Å². The number of thioether (sulfide) groups is 1.